The van der Waals surface area contributed by atoms with Gasteiger partial charge in [0, 0.05) is 6.54 Å². The van der Waals surface area contributed by atoms with E-state index in [1.807, 2.05) is 6.92 Å². The Kier molecular flexibility index (Phi) is 5.51. The third-order valence-corrected chi connectivity index (χ3v) is 2.54. The Labute approximate surface area is 109 Å². The maximum absolute atomic E-state index is 11.6. The summed E-state index contributed by atoms with van der Waals surface area (Å²) < 4.78 is 0. The second kappa shape index (κ2) is 6.90. The van der Waals surface area contributed by atoms with Crippen LogP contribution in [0.15, 0.2) is 12.4 Å². The zero-order valence-electron chi connectivity index (χ0n) is 9.89. The van der Waals surface area contributed by atoms with E-state index in [1.54, 1.807) is 0 Å². The molecule has 0 fully saturated rings. The first-order valence-electron chi connectivity index (χ1n) is 5.53. The number of hydrogen-bond acceptors (Lipinski definition) is 4. The molecule has 7 heteroatoms. The van der Waals surface area contributed by atoms with Gasteiger partial charge in [-0.1, -0.05) is 24.9 Å². The first-order chi connectivity index (χ1) is 8.54. The molecule has 0 aliphatic carbocycles. The number of halogens is 1. The van der Waals surface area contributed by atoms with E-state index < -0.39 is 17.8 Å². The molecular formula is C11H14ClN3O3. The van der Waals surface area contributed by atoms with E-state index in [9.17, 15) is 9.59 Å². The molecule has 1 rings (SSSR count). The van der Waals surface area contributed by atoms with E-state index in [4.69, 9.17) is 16.7 Å². The average Bonchev–Trinajstić information content (AvgIpc) is 2.34. The van der Waals surface area contributed by atoms with Gasteiger partial charge in [0.05, 0.1) is 18.3 Å². The molecule has 2 N–H and O–H groups in total. The summed E-state index contributed by atoms with van der Waals surface area (Å²) in [5.74, 6) is -1.96. The van der Waals surface area contributed by atoms with Gasteiger partial charge in [-0.3, -0.25) is 9.59 Å². The molecule has 1 aromatic rings. The number of rotatable bonds is 6. The maximum Gasteiger partial charge on any atom is 0.308 e. The predicted molar refractivity (Wildman–Crippen MR) is 65.4 cm³/mol. The summed E-state index contributed by atoms with van der Waals surface area (Å²) in [6, 6.07) is 0. The predicted octanol–water partition coefficient (Wildman–Crippen LogP) is 1.36. The van der Waals surface area contributed by atoms with Gasteiger partial charge in [-0.25, -0.2) is 9.97 Å². The van der Waals surface area contributed by atoms with Crippen LogP contribution in [0.5, 0.6) is 0 Å². The molecule has 6 nitrogen and oxygen atoms in total. The first kappa shape index (κ1) is 14.4. The highest BCUT2D eigenvalue weighted by Crippen LogP contribution is 2.06. The second-order valence-electron chi connectivity index (χ2n) is 3.76. The molecule has 98 valence electrons. The van der Waals surface area contributed by atoms with E-state index >= 15 is 0 Å². The molecule has 0 aliphatic rings. The molecule has 1 amide bonds. The summed E-state index contributed by atoms with van der Waals surface area (Å²) in [6.07, 6.45) is 3.76. The number of carbonyl (C=O) groups excluding carboxylic acids is 1. The quantitative estimate of drug-likeness (QED) is 0.815. The van der Waals surface area contributed by atoms with Crippen molar-refractivity contribution in [3.63, 3.8) is 0 Å². The van der Waals surface area contributed by atoms with Crippen molar-refractivity contribution in [2.45, 2.75) is 19.8 Å². The number of nitrogens with one attached hydrogen (secondary N) is 1. The Balaban J connectivity index is 2.54. The lowest BCUT2D eigenvalue weighted by Crippen LogP contribution is -2.33. The summed E-state index contributed by atoms with van der Waals surface area (Å²) in [7, 11) is 0. The van der Waals surface area contributed by atoms with Crippen molar-refractivity contribution in [1.82, 2.24) is 15.3 Å². The fourth-order valence-electron chi connectivity index (χ4n) is 1.40. The molecule has 18 heavy (non-hydrogen) atoms. The molecule has 0 aromatic carbocycles. The van der Waals surface area contributed by atoms with E-state index in [1.165, 1.54) is 12.4 Å². The third kappa shape index (κ3) is 4.29. The van der Waals surface area contributed by atoms with Crippen LogP contribution in [0.3, 0.4) is 0 Å². The number of nitrogens with zero attached hydrogens (tertiary/aromatic N) is 2. The molecule has 1 atom stereocenters. The normalized spacial score (nSPS) is 11.9. The lowest BCUT2D eigenvalue weighted by Gasteiger charge is -2.11. The highest BCUT2D eigenvalue weighted by atomic mass is 35.5. The fourth-order valence-corrected chi connectivity index (χ4v) is 1.49. The topological polar surface area (TPSA) is 92.2 Å². The van der Waals surface area contributed by atoms with Crippen molar-refractivity contribution in [1.29, 1.82) is 0 Å². The van der Waals surface area contributed by atoms with Crippen molar-refractivity contribution in [2.75, 3.05) is 6.54 Å². The van der Waals surface area contributed by atoms with Crippen molar-refractivity contribution in [3.05, 3.63) is 23.2 Å². The molecule has 0 saturated carbocycles. The molecule has 1 aromatic heterocycles. The lowest BCUT2D eigenvalue weighted by atomic mass is 10.0. The second-order valence-corrected chi connectivity index (χ2v) is 4.15. The number of hydrogen-bond donors (Lipinski definition) is 2. The van der Waals surface area contributed by atoms with Crippen LogP contribution < -0.4 is 5.32 Å². The van der Waals surface area contributed by atoms with Crippen LogP contribution in [0.1, 0.15) is 30.3 Å². The average molecular weight is 272 g/mol. The Morgan fingerprint density at radius 1 is 1.44 bits per heavy atom. The summed E-state index contributed by atoms with van der Waals surface area (Å²) in [4.78, 5) is 30.0. The minimum absolute atomic E-state index is 0.0757. The molecule has 0 radical (unpaired) electrons. The van der Waals surface area contributed by atoms with Crippen molar-refractivity contribution < 1.29 is 14.7 Å². The lowest BCUT2D eigenvalue weighted by molar-refractivity contribution is -0.141. The molecule has 0 bridgehead atoms. The number of aromatic nitrogens is 2. The van der Waals surface area contributed by atoms with Crippen LogP contribution in [0.4, 0.5) is 0 Å². The zero-order chi connectivity index (χ0) is 13.5. The van der Waals surface area contributed by atoms with Gasteiger partial charge in [0.2, 0.25) is 0 Å². The van der Waals surface area contributed by atoms with Gasteiger partial charge in [-0.05, 0) is 6.42 Å². The van der Waals surface area contributed by atoms with Gasteiger partial charge in [-0.15, -0.1) is 0 Å². The minimum Gasteiger partial charge on any atom is -0.481 e. The first-order valence-corrected chi connectivity index (χ1v) is 5.91. The van der Waals surface area contributed by atoms with E-state index in [0.717, 1.165) is 6.42 Å². The minimum atomic E-state index is -0.917. The maximum atomic E-state index is 11.6. The number of aliphatic carboxylic acids is 1. The highest BCUT2D eigenvalue weighted by Gasteiger charge is 2.18. The van der Waals surface area contributed by atoms with E-state index in [0.29, 0.717) is 6.42 Å². The SMILES string of the molecule is CCCC(CNC(=O)c1cnc(Cl)cn1)C(=O)O. The van der Waals surface area contributed by atoms with Gasteiger partial charge in [0.1, 0.15) is 10.8 Å². The zero-order valence-corrected chi connectivity index (χ0v) is 10.6. The summed E-state index contributed by atoms with van der Waals surface area (Å²) in [5.41, 5.74) is 0.111. The van der Waals surface area contributed by atoms with E-state index in [2.05, 4.69) is 15.3 Å². The van der Waals surface area contributed by atoms with Crippen molar-refractivity contribution in [2.24, 2.45) is 5.92 Å². The van der Waals surface area contributed by atoms with Crippen LogP contribution >= 0.6 is 11.6 Å². The molecule has 0 saturated heterocycles. The Hall–Kier alpha value is -1.69. The molecular weight excluding hydrogens is 258 g/mol. The standard InChI is InChI=1S/C11H14ClN3O3/c1-2-3-7(11(17)18)4-15-10(16)8-5-14-9(12)6-13-8/h5-7H,2-4H2,1H3,(H,15,16)(H,17,18). The number of amides is 1. The van der Waals surface area contributed by atoms with Crippen LogP contribution in [-0.2, 0) is 4.79 Å². The van der Waals surface area contributed by atoms with E-state index in [-0.39, 0.29) is 17.4 Å². The van der Waals surface area contributed by atoms with Crippen LogP contribution in [0.2, 0.25) is 5.15 Å². The van der Waals surface area contributed by atoms with Gasteiger partial charge in [0.15, 0.2) is 0 Å². The van der Waals surface area contributed by atoms with Crippen LogP contribution in [0.25, 0.3) is 0 Å². The molecule has 0 aliphatic heterocycles. The summed E-state index contributed by atoms with van der Waals surface area (Å²) >= 11 is 5.54. The van der Waals surface area contributed by atoms with Gasteiger partial charge in [0.25, 0.3) is 5.91 Å². The Bertz CT molecular complexity index is 422. The van der Waals surface area contributed by atoms with Gasteiger partial charge in [-0.2, -0.15) is 0 Å². The molecule has 0 spiro atoms. The Morgan fingerprint density at radius 2 is 2.17 bits per heavy atom. The molecule has 1 unspecified atom stereocenters. The molecule has 1 heterocycles. The number of carboxylic acid groups (broad SMARTS) is 1. The third-order valence-electron chi connectivity index (χ3n) is 2.35. The fraction of sp³-hybridized carbons (Fsp3) is 0.455. The van der Waals surface area contributed by atoms with Gasteiger partial charge >= 0.3 is 5.97 Å². The smallest absolute Gasteiger partial charge is 0.308 e. The Morgan fingerprint density at radius 3 is 2.67 bits per heavy atom. The van der Waals surface area contributed by atoms with Crippen molar-refractivity contribution >= 4 is 23.5 Å². The van der Waals surface area contributed by atoms with Crippen molar-refractivity contribution in [3.8, 4) is 0 Å². The van der Waals surface area contributed by atoms with Crippen LogP contribution in [0, 0.1) is 5.92 Å². The monoisotopic (exact) mass is 271 g/mol. The highest BCUT2D eigenvalue weighted by molar-refractivity contribution is 6.29. The number of carbonyl (C=O) groups is 2. The number of carboxylic acids is 1. The summed E-state index contributed by atoms with van der Waals surface area (Å²) in [6.45, 7) is 1.97. The van der Waals surface area contributed by atoms with Gasteiger partial charge < -0.3 is 10.4 Å². The largest absolute Gasteiger partial charge is 0.481 e. The summed E-state index contributed by atoms with van der Waals surface area (Å²) in [5, 5.41) is 11.6. The van der Waals surface area contributed by atoms with Crippen LogP contribution in [-0.4, -0.2) is 33.5 Å².